The summed E-state index contributed by atoms with van der Waals surface area (Å²) < 4.78 is 12.6. The number of para-hydroxylation sites is 1. The van der Waals surface area contributed by atoms with Crippen LogP contribution in [0.15, 0.2) is 48.5 Å². The van der Waals surface area contributed by atoms with Crippen LogP contribution < -0.4 is 10.2 Å². The van der Waals surface area contributed by atoms with E-state index in [1.807, 2.05) is 55.5 Å². The molecule has 10 nitrogen and oxygen atoms in total. The number of ether oxygens (including phenoxy) is 2. The van der Waals surface area contributed by atoms with E-state index in [1.165, 1.54) is 0 Å². The lowest BCUT2D eigenvalue weighted by Crippen LogP contribution is -2.32. The minimum Gasteiger partial charge on any atom is -0.448 e. The maximum atomic E-state index is 13.7. The summed E-state index contributed by atoms with van der Waals surface area (Å²) in [4.78, 5) is 40.0. The van der Waals surface area contributed by atoms with Gasteiger partial charge in [0.25, 0.3) is 0 Å². The number of alkyl carbamates (subject to hydrolysis) is 1. The van der Waals surface area contributed by atoms with E-state index >= 15 is 0 Å². The lowest BCUT2D eigenvalue weighted by molar-refractivity contribution is -0.120. The standard InChI is InChI=1S/C33H43N5O5/c1-3-5-10-19-34-33(41)43-23-20-38-32-28-15-8-9-16-29(28)37(24-25-12-6-7-14-27(25)31(32)35-36-38)30(40)17-11-13-26(39)18-22-42-21-4-2/h6-9,12,14-16H,3-5,10-11,13,17-24H2,1-2H3,(H,34,41). The number of rotatable bonds is 16. The summed E-state index contributed by atoms with van der Waals surface area (Å²) in [5.74, 6) is 0.0571. The molecule has 0 saturated carbocycles. The first-order valence-corrected chi connectivity index (χ1v) is 15.4. The normalized spacial score (nSPS) is 12.0. The van der Waals surface area contributed by atoms with Gasteiger partial charge in [-0.25, -0.2) is 9.48 Å². The third-order valence-corrected chi connectivity index (χ3v) is 7.39. The first-order chi connectivity index (χ1) is 21.0. The summed E-state index contributed by atoms with van der Waals surface area (Å²) in [7, 11) is 0. The summed E-state index contributed by atoms with van der Waals surface area (Å²) in [5, 5.41) is 11.8. The zero-order valence-corrected chi connectivity index (χ0v) is 25.3. The molecule has 10 heteroatoms. The van der Waals surface area contributed by atoms with Crippen molar-refractivity contribution >= 4 is 23.5 Å². The van der Waals surface area contributed by atoms with E-state index in [9.17, 15) is 14.4 Å². The minimum absolute atomic E-state index is 0.0529. The third-order valence-electron chi connectivity index (χ3n) is 7.39. The van der Waals surface area contributed by atoms with Crippen LogP contribution in [0.2, 0.25) is 0 Å². The van der Waals surface area contributed by atoms with Gasteiger partial charge < -0.3 is 19.7 Å². The predicted molar refractivity (Wildman–Crippen MR) is 166 cm³/mol. The van der Waals surface area contributed by atoms with Crippen LogP contribution in [0.3, 0.4) is 0 Å². The van der Waals surface area contributed by atoms with Crippen molar-refractivity contribution in [3.05, 3.63) is 54.1 Å². The van der Waals surface area contributed by atoms with Crippen molar-refractivity contribution < 1.29 is 23.9 Å². The smallest absolute Gasteiger partial charge is 0.407 e. The molecule has 0 aliphatic carbocycles. The Balaban J connectivity index is 1.52. The molecule has 43 heavy (non-hydrogen) atoms. The van der Waals surface area contributed by atoms with Gasteiger partial charge in [0, 0.05) is 43.5 Å². The summed E-state index contributed by atoms with van der Waals surface area (Å²) in [5.41, 5.74) is 4.89. The van der Waals surface area contributed by atoms with Crippen molar-refractivity contribution in [2.75, 3.05) is 31.3 Å². The Morgan fingerprint density at radius 1 is 0.860 bits per heavy atom. The number of ketones is 1. The topological polar surface area (TPSA) is 116 Å². The number of hydrogen-bond acceptors (Lipinski definition) is 7. The number of benzene rings is 2. The summed E-state index contributed by atoms with van der Waals surface area (Å²) in [6.45, 7) is 6.61. The highest BCUT2D eigenvalue weighted by atomic mass is 16.5. The molecule has 0 bridgehead atoms. The molecule has 0 radical (unpaired) electrons. The highest BCUT2D eigenvalue weighted by Gasteiger charge is 2.29. The zero-order valence-electron chi connectivity index (χ0n) is 25.3. The highest BCUT2D eigenvalue weighted by Crippen LogP contribution is 2.41. The predicted octanol–water partition coefficient (Wildman–Crippen LogP) is 5.93. The Labute approximate surface area is 253 Å². The van der Waals surface area contributed by atoms with E-state index < -0.39 is 6.09 Å². The number of aromatic nitrogens is 3. The number of hydrogen-bond donors (Lipinski definition) is 1. The molecule has 1 aliphatic rings. The number of carbonyl (C=O) groups is 3. The fraction of sp³-hybridized carbons (Fsp3) is 0.485. The van der Waals surface area contributed by atoms with E-state index in [0.29, 0.717) is 52.1 Å². The average molecular weight is 590 g/mol. The SMILES string of the molecule is CCCCCNC(=O)OCCn1nnc2c1-c1ccccc1N(C(=O)CCCC(=O)CCOCCC)Cc1ccccc1-2. The number of fused-ring (bicyclic) bond motifs is 5. The number of nitrogens with zero attached hydrogens (tertiary/aromatic N) is 4. The number of anilines is 1. The summed E-state index contributed by atoms with van der Waals surface area (Å²) in [6.07, 6.45) is 4.98. The molecule has 0 fully saturated rings. The molecular formula is C33H43N5O5. The molecule has 2 aromatic carbocycles. The second-order valence-electron chi connectivity index (χ2n) is 10.7. The van der Waals surface area contributed by atoms with Crippen LogP contribution in [-0.4, -0.2) is 59.1 Å². The third kappa shape index (κ3) is 8.73. The second-order valence-corrected chi connectivity index (χ2v) is 10.7. The average Bonchev–Trinajstić information content (AvgIpc) is 3.42. The van der Waals surface area contributed by atoms with Gasteiger partial charge in [-0.05, 0) is 30.9 Å². The van der Waals surface area contributed by atoms with Crippen LogP contribution in [0.1, 0.15) is 70.8 Å². The van der Waals surface area contributed by atoms with E-state index in [-0.39, 0.29) is 24.7 Å². The number of amides is 2. The molecule has 0 spiro atoms. The van der Waals surface area contributed by atoms with E-state index in [2.05, 4.69) is 22.6 Å². The monoisotopic (exact) mass is 589 g/mol. The molecule has 0 unspecified atom stereocenters. The van der Waals surface area contributed by atoms with Crippen LogP contribution in [0.5, 0.6) is 0 Å². The Bertz CT molecular complexity index is 1370. The lowest BCUT2D eigenvalue weighted by atomic mass is 9.95. The van der Waals surface area contributed by atoms with Gasteiger partial charge in [-0.3, -0.25) is 9.59 Å². The van der Waals surface area contributed by atoms with Crippen LogP contribution in [0, 0.1) is 0 Å². The van der Waals surface area contributed by atoms with Gasteiger partial charge in [0.15, 0.2) is 0 Å². The van der Waals surface area contributed by atoms with Crippen LogP contribution in [-0.2, 0) is 32.2 Å². The Morgan fingerprint density at radius 2 is 1.65 bits per heavy atom. The van der Waals surface area contributed by atoms with Crippen molar-refractivity contribution in [2.45, 2.75) is 78.3 Å². The molecule has 2 amide bonds. The van der Waals surface area contributed by atoms with Crippen molar-refractivity contribution in [3.8, 4) is 22.5 Å². The minimum atomic E-state index is -0.450. The first-order valence-electron chi connectivity index (χ1n) is 15.4. The van der Waals surface area contributed by atoms with Crippen molar-refractivity contribution in [3.63, 3.8) is 0 Å². The Hall–Kier alpha value is -4.05. The van der Waals surface area contributed by atoms with Gasteiger partial charge in [-0.2, -0.15) is 0 Å². The Morgan fingerprint density at radius 3 is 2.47 bits per heavy atom. The van der Waals surface area contributed by atoms with Gasteiger partial charge in [-0.15, -0.1) is 5.10 Å². The largest absolute Gasteiger partial charge is 0.448 e. The number of unbranched alkanes of at least 4 members (excludes halogenated alkanes) is 2. The first kappa shape index (κ1) is 31.9. The second kappa shape index (κ2) is 16.6. The quantitative estimate of drug-likeness (QED) is 0.206. The fourth-order valence-electron chi connectivity index (χ4n) is 5.16. The van der Waals surface area contributed by atoms with Crippen LogP contribution in [0.25, 0.3) is 22.5 Å². The molecule has 0 saturated heterocycles. The van der Waals surface area contributed by atoms with Gasteiger partial charge in [0.2, 0.25) is 5.91 Å². The van der Waals surface area contributed by atoms with Gasteiger partial charge in [0.1, 0.15) is 18.1 Å². The summed E-state index contributed by atoms with van der Waals surface area (Å²) in [6, 6.07) is 15.6. The van der Waals surface area contributed by atoms with Crippen LogP contribution >= 0.6 is 0 Å². The van der Waals surface area contributed by atoms with Crippen LogP contribution in [0.4, 0.5) is 10.5 Å². The van der Waals surface area contributed by atoms with Crippen molar-refractivity contribution in [1.29, 1.82) is 0 Å². The van der Waals surface area contributed by atoms with Crippen molar-refractivity contribution in [1.82, 2.24) is 20.3 Å². The fourth-order valence-corrected chi connectivity index (χ4v) is 5.16. The summed E-state index contributed by atoms with van der Waals surface area (Å²) >= 11 is 0. The molecule has 1 N–H and O–H groups in total. The van der Waals surface area contributed by atoms with E-state index in [4.69, 9.17) is 9.47 Å². The van der Waals surface area contributed by atoms with E-state index in [0.717, 1.165) is 59.4 Å². The zero-order chi connectivity index (χ0) is 30.4. The number of carbonyl (C=O) groups excluding carboxylic acids is 3. The molecular weight excluding hydrogens is 546 g/mol. The maximum Gasteiger partial charge on any atom is 0.407 e. The molecule has 230 valence electrons. The number of nitrogens with one attached hydrogen (secondary N) is 1. The number of Topliss-reactive ketones (excluding diaryl/α,β-unsaturated/α-hetero) is 1. The molecule has 3 aromatic rings. The molecule has 0 atom stereocenters. The lowest BCUT2D eigenvalue weighted by Gasteiger charge is -2.29. The molecule has 1 aliphatic heterocycles. The van der Waals surface area contributed by atoms with Gasteiger partial charge in [-0.1, -0.05) is 74.4 Å². The Kier molecular flexibility index (Phi) is 12.3. The molecule has 4 rings (SSSR count). The maximum absolute atomic E-state index is 13.7. The van der Waals surface area contributed by atoms with Crippen molar-refractivity contribution in [2.24, 2.45) is 0 Å². The highest BCUT2D eigenvalue weighted by molar-refractivity contribution is 6.00. The molecule has 2 heterocycles. The van der Waals surface area contributed by atoms with Gasteiger partial charge in [0.05, 0.1) is 31.1 Å². The molecule has 1 aromatic heterocycles. The van der Waals surface area contributed by atoms with E-state index in [1.54, 1.807) is 9.58 Å². The van der Waals surface area contributed by atoms with Gasteiger partial charge >= 0.3 is 6.09 Å².